The number of esters is 2. The van der Waals surface area contributed by atoms with Crippen LogP contribution in [-0.4, -0.2) is 43.8 Å². The number of hydrogen-bond donors (Lipinski definition) is 2. The van der Waals surface area contributed by atoms with E-state index in [1.54, 1.807) is 25.1 Å². The van der Waals surface area contributed by atoms with Crippen molar-refractivity contribution in [2.75, 3.05) is 19.8 Å². The highest BCUT2D eigenvalue weighted by Crippen LogP contribution is 2.17. The molecule has 1 aromatic carbocycles. The van der Waals surface area contributed by atoms with Gasteiger partial charge >= 0.3 is 18.0 Å². The Kier molecular flexibility index (Phi) is 8.27. The zero-order valence-electron chi connectivity index (χ0n) is 16.8. The minimum atomic E-state index is -0.601. The largest absolute Gasteiger partial charge is 0.494 e. The zero-order chi connectivity index (χ0) is 21.2. The van der Waals surface area contributed by atoms with E-state index >= 15 is 0 Å². The van der Waals surface area contributed by atoms with Gasteiger partial charge in [-0.2, -0.15) is 0 Å². The molecule has 2 rings (SSSR count). The van der Waals surface area contributed by atoms with E-state index in [1.807, 2.05) is 26.0 Å². The van der Waals surface area contributed by atoms with Crippen LogP contribution in [0.2, 0.25) is 0 Å². The number of urea groups is 1. The van der Waals surface area contributed by atoms with Gasteiger partial charge in [-0.15, -0.1) is 0 Å². The Labute approximate surface area is 169 Å². The molecule has 2 amide bonds. The predicted molar refractivity (Wildman–Crippen MR) is 107 cm³/mol. The molecule has 1 atom stereocenters. The number of carbonyl (C=O) groups excluding carboxylic acids is 3. The molecule has 1 aromatic rings. The van der Waals surface area contributed by atoms with E-state index in [0.29, 0.717) is 13.0 Å². The van der Waals surface area contributed by atoms with Crippen LogP contribution in [-0.2, 0) is 19.1 Å². The molecule has 0 saturated heterocycles. The van der Waals surface area contributed by atoms with E-state index in [1.165, 1.54) is 6.08 Å². The van der Waals surface area contributed by atoms with Crippen LogP contribution in [0.5, 0.6) is 5.75 Å². The Morgan fingerprint density at radius 2 is 1.79 bits per heavy atom. The second-order valence-electron chi connectivity index (χ2n) is 6.12. The monoisotopic (exact) mass is 402 g/mol. The van der Waals surface area contributed by atoms with Gasteiger partial charge in [0.15, 0.2) is 0 Å². The van der Waals surface area contributed by atoms with E-state index < -0.39 is 24.0 Å². The van der Waals surface area contributed by atoms with Crippen molar-refractivity contribution in [2.24, 2.45) is 0 Å². The summed E-state index contributed by atoms with van der Waals surface area (Å²) in [6.07, 6.45) is 3.38. The highest BCUT2D eigenvalue weighted by Gasteiger charge is 2.31. The van der Waals surface area contributed by atoms with Crippen LogP contribution >= 0.6 is 0 Å². The molecular weight excluding hydrogens is 376 g/mol. The minimum absolute atomic E-state index is 0.199. The topological polar surface area (TPSA) is 103 Å². The van der Waals surface area contributed by atoms with Crippen molar-refractivity contribution < 1.29 is 28.6 Å². The minimum Gasteiger partial charge on any atom is -0.494 e. The fraction of sp³-hybridized carbons (Fsp3) is 0.381. The maximum Gasteiger partial charge on any atom is 0.338 e. The van der Waals surface area contributed by atoms with Crippen molar-refractivity contribution in [1.29, 1.82) is 0 Å². The molecule has 0 saturated carbocycles. The van der Waals surface area contributed by atoms with Gasteiger partial charge < -0.3 is 24.8 Å². The van der Waals surface area contributed by atoms with Gasteiger partial charge in [0.1, 0.15) is 12.4 Å². The maximum absolute atomic E-state index is 12.3. The van der Waals surface area contributed by atoms with Crippen LogP contribution in [0.3, 0.4) is 0 Å². The van der Waals surface area contributed by atoms with Crippen LogP contribution in [0.1, 0.15) is 32.8 Å². The van der Waals surface area contributed by atoms with Crippen molar-refractivity contribution in [2.45, 2.75) is 33.2 Å². The molecule has 0 fully saturated rings. The first-order valence-corrected chi connectivity index (χ1v) is 9.53. The molecule has 156 valence electrons. The molecule has 29 heavy (non-hydrogen) atoms. The lowest BCUT2D eigenvalue weighted by Gasteiger charge is -2.28. The first-order chi connectivity index (χ1) is 14.0. The van der Waals surface area contributed by atoms with E-state index in [2.05, 4.69) is 10.6 Å². The lowest BCUT2D eigenvalue weighted by atomic mass is 10.0. The molecule has 0 radical (unpaired) electrons. The summed E-state index contributed by atoms with van der Waals surface area (Å²) in [6.45, 7) is 5.96. The molecule has 1 heterocycles. The van der Waals surface area contributed by atoms with E-state index in [9.17, 15) is 14.4 Å². The van der Waals surface area contributed by atoms with Gasteiger partial charge in [0.25, 0.3) is 0 Å². The lowest BCUT2D eigenvalue weighted by Crippen LogP contribution is -2.51. The van der Waals surface area contributed by atoms with Crippen molar-refractivity contribution in [3.05, 3.63) is 47.2 Å². The van der Waals surface area contributed by atoms with E-state index in [0.717, 1.165) is 11.3 Å². The van der Waals surface area contributed by atoms with Gasteiger partial charge in [0, 0.05) is 6.08 Å². The zero-order valence-corrected chi connectivity index (χ0v) is 16.8. The van der Waals surface area contributed by atoms with Crippen LogP contribution in [0.4, 0.5) is 4.79 Å². The Hall–Kier alpha value is -3.29. The van der Waals surface area contributed by atoms with Crippen LogP contribution in [0.25, 0.3) is 6.08 Å². The number of hydrogen-bond acceptors (Lipinski definition) is 6. The van der Waals surface area contributed by atoms with Crippen molar-refractivity contribution in [1.82, 2.24) is 10.6 Å². The lowest BCUT2D eigenvalue weighted by molar-refractivity contribution is -0.140. The summed E-state index contributed by atoms with van der Waals surface area (Å²) in [5.74, 6) is -0.406. The molecular formula is C21H26N2O6. The highest BCUT2D eigenvalue weighted by molar-refractivity contribution is 5.95. The van der Waals surface area contributed by atoms with Gasteiger partial charge in [-0.1, -0.05) is 19.1 Å². The molecule has 2 N–H and O–H groups in total. The summed E-state index contributed by atoms with van der Waals surface area (Å²) in [6, 6.07) is 6.28. The summed E-state index contributed by atoms with van der Waals surface area (Å²) in [4.78, 5) is 36.2. The molecule has 0 bridgehead atoms. The number of nitrogens with one attached hydrogen (secondary N) is 2. The number of ether oxygens (including phenoxy) is 3. The average Bonchev–Trinajstić information content (AvgIpc) is 2.71. The Bertz CT molecular complexity index is 798. The second kappa shape index (κ2) is 10.9. The SMILES string of the molecule is CCOC(=O)C1=C(COC(=O)/C=C/c2ccc(OCC)cc2)NC(=O)N[C@@H]1CC. The van der Waals surface area contributed by atoms with E-state index in [4.69, 9.17) is 14.2 Å². The smallest absolute Gasteiger partial charge is 0.338 e. The Morgan fingerprint density at radius 3 is 2.41 bits per heavy atom. The molecule has 8 heteroatoms. The third-order valence-corrected chi connectivity index (χ3v) is 4.11. The van der Waals surface area contributed by atoms with Gasteiger partial charge in [0.2, 0.25) is 0 Å². The van der Waals surface area contributed by atoms with E-state index in [-0.39, 0.29) is 24.5 Å². The summed E-state index contributed by atoms with van der Waals surface area (Å²) in [5.41, 5.74) is 1.29. The van der Waals surface area contributed by atoms with Gasteiger partial charge in [-0.3, -0.25) is 0 Å². The molecule has 8 nitrogen and oxygen atoms in total. The molecule has 1 aliphatic rings. The second-order valence-corrected chi connectivity index (χ2v) is 6.12. The summed E-state index contributed by atoms with van der Waals surface area (Å²) >= 11 is 0. The standard InChI is InChI=1S/C21H26N2O6/c1-4-16-19(20(25)28-6-3)17(23-21(26)22-16)13-29-18(24)12-9-14-7-10-15(11-8-14)27-5-2/h7-12,16H,4-6,13H2,1-3H3,(H2,22,23,26)/b12-9+/t16-/m1/s1. The normalized spacial score (nSPS) is 16.2. The summed E-state index contributed by atoms with van der Waals surface area (Å²) in [5, 5.41) is 5.19. The summed E-state index contributed by atoms with van der Waals surface area (Å²) in [7, 11) is 0. The number of amides is 2. The molecule has 0 unspecified atom stereocenters. The number of carbonyl (C=O) groups is 3. The Balaban J connectivity index is 2.05. The maximum atomic E-state index is 12.3. The van der Waals surface area contributed by atoms with Crippen LogP contribution in [0, 0.1) is 0 Å². The molecule has 0 spiro atoms. The van der Waals surface area contributed by atoms with Crippen LogP contribution < -0.4 is 15.4 Å². The van der Waals surface area contributed by atoms with Gasteiger partial charge in [-0.05, 0) is 44.0 Å². The average molecular weight is 402 g/mol. The molecule has 1 aliphatic heterocycles. The Morgan fingerprint density at radius 1 is 1.07 bits per heavy atom. The van der Waals surface area contributed by atoms with Gasteiger partial charge in [0.05, 0.1) is 30.5 Å². The fourth-order valence-corrected chi connectivity index (χ4v) is 2.77. The third-order valence-electron chi connectivity index (χ3n) is 4.11. The van der Waals surface area contributed by atoms with Gasteiger partial charge in [-0.25, -0.2) is 14.4 Å². The predicted octanol–water partition coefficient (Wildman–Crippen LogP) is 2.55. The number of rotatable bonds is 9. The third kappa shape index (κ3) is 6.38. The number of benzene rings is 1. The fourth-order valence-electron chi connectivity index (χ4n) is 2.77. The first-order valence-electron chi connectivity index (χ1n) is 9.53. The summed E-state index contributed by atoms with van der Waals surface area (Å²) < 4.78 is 15.6. The molecule has 0 aromatic heterocycles. The highest BCUT2D eigenvalue weighted by atomic mass is 16.5. The quantitative estimate of drug-likeness (QED) is 0.486. The molecule has 0 aliphatic carbocycles. The first kappa shape index (κ1) is 22.0. The van der Waals surface area contributed by atoms with Crippen LogP contribution in [0.15, 0.2) is 41.6 Å². The van der Waals surface area contributed by atoms with Crippen molar-refractivity contribution in [3.8, 4) is 5.75 Å². The van der Waals surface area contributed by atoms with Crippen molar-refractivity contribution in [3.63, 3.8) is 0 Å². The van der Waals surface area contributed by atoms with Crippen molar-refractivity contribution >= 4 is 24.0 Å².